The topological polar surface area (TPSA) is 46.3 Å². The highest BCUT2D eigenvalue weighted by atomic mass is 16.2. The van der Waals surface area contributed by atoms with Crippen LogP contribution < -0.4 is 5.73 Å². The molecule has 2 aliphatic rings. The van der Waals surface area contributed by atoms with Crippen molar-refractivity contribution in [3.8, 4) is 0 Å². The lowest BCUT2D eigenvalue weighted by Gasteiger charge is -2.37. The van der Waals surface area contributed by atoms with Crippen LogP contribution in [0.4, 0.5) is 0 Å². The molecule has 1 saturated carbocycles. The summed E-state index contributed by atoms with van der Waals surface area (Å²) in [5, 5.41) is 0. The normalized spacial score (nSPS) is 29.9. The molecular weight excluding hydrogens is 176 g/mol. The minimum Gasteiger partial charge on any atom is -0.339 e. The highest BCUT2D eigenvalue weighted by Gasteiger charge is 2.69. The molecule has 2 fully saturated rings. The van der Waals surface area contributed by atoms with E-state index in [4.69, 9.17) is 5.73 Å². The highest BCUT2D eigenvalue weighted by Crippen LogP contribution is 2.68. The maximum Gasteiger partial charge on any atom is 0.226 e. The molecule has 0 atom stereocenters. The first-order valence-electron chi connectivity index (χ1n) is 5.33. The number of nitrogens with zero attached hydrogens (tertiary/aromatic N) is 1. The molecule has 2 rings (SSSR count). The molecule has 3 nitrogen and oxygen atoms in total. The molecule has 14 heavy (non-hydrogen) atoms. The predicted octanol–water partition coefficient (Wildman–Crippen LogP) is 0.838. The lowest BCUT2D eigenvalue weighted by molar-refractivity contribution is -0.138. The van der Waals surface area contributed by atoms with Crippen LogP contribution in [0.5, 0.6) is 0 Å². The third-order valence-electron chi connectivity index (χ3n) is 4.49. The van der Waals surface area contributed by atoms with Gasteiger partial charge in [-0.05, 0) is 10.8 Å². The minimum atomic E-state index is 0.157. The Kier molecular flexibility index (Phi) is 1.79. The molecule has 1 amide bonds. The van der Waals surface area contributed by atoms with Gasteiger partial charge in [-0.15, -0.1) is 0 Å². The third kappa shape index (κ3) is 1.05. The number of carbonyl (C=O) groups is 1. The van der Waals surface area contributed by atoms with E-state index in [1.807, 2.05) is 4.90 Å². The van der Waals surface area contributed by atoms with E-state index in [1.165, 1.54) is 0 Å². The molecule has 0 unspecified atom stereocenters. The number of carbonyl (C=O) groups excluding carboxylic acids is 1. The quantitative estimate of drug-likeness (QED) is 0.675. The summed E-state index contributed by atoms with van der Waals surface area (Å²) in [5.41, 5.74) is 5.98. The maximum atomic E-state index is 12.0. The molecule has 0 aromatic rings. The smallest absolute Gasteiger partial charge is 0.226 e. The van der Waals surface area contributed by atoms with Gasteiger partial charge in [-0.25, -0.2) is 0 Å². The van der Waals surface area contributed by atoms with Crippen LogP contribution in [0.25, 0.3) is 0 Å². The van der Waals surface area contributed by atoms with Crippen LogP contribution in [0.1, 0.15) is 27.7 Å². The monoisotopic (exact) mass is 196 g/mol. The van der Waals surface area contributed by atoms with Gasteiger partial charge in [-0.1, -0.05) is 27.7 Å². The minimum absolute atomic E-state index is 0.157. The Balaban J connectivity index is 2.02. The van der Waals surface area contributed by atoms with E-state index >= 15 is 0 Å². The Hall–Kier alpha value is -0.570. The van der Waals surface area contributed by atoms with Crippen molar-refractivity contribution < 1.29 is 4.79 Å². The Bertz CT molecular complexity index is 263. The summed E-state index contributed by atoms with van der Waals surface area (Å²) in [6, 6.07) is 0.212. The highest BCUT2D eigenvalue weighted by molar-refractivity contribution is 5.85. The van der Waals surface area contributed by atoms with E-state index in [2.05, 4.69) is 27.7 Å². The summed E-state index contributed by atoms with van der Waals surface area (Å²) >= 11 is 0. The zero-order valence-corrected chi connectivity index (χ0v) is 9.50. The van der Waals surface area contributed by atoms with E-state index in [1.54, 1.807) is 0 Å². The number of nitrogens with two attached hydrogens (primary N) is 1. The first kappa shape index (κ1) is 9.97. The maximum absolute atomic E-state index is 12.0. The lowest BCUT2D eigenvalue weighted by Crippen LogP contribution is -2.58. The second-order valence-corrected chi connectivity index (χ2v) is 5.88. The van der Waals surface area contributed by atoms with E-state index < -0.39 is 0 Å². The van der Waals surface area contributed by atoms with Crippen molar-refractivity contribution in [3.63, 3.8) is 0 Å². The van der Waals surface area contributed by atoms with Crippen LogP contribution in [0.3, 0.4) is 0 Å². The predicted molar refractivity (Wildman–Crippen MR) is 55.6 cm³/mol. The molecule has 1 heterocycles. The second kappa shape index (κ2) is 2.51. The lowest BCUT2D eigenvalue weighted by atomic mass is 10.0. The molecule has 0 spiro atoms. The number of amides is 1. The summed E-state index contributed by atoms with van der Waals surface area (Å²) in [5.74, 6) is 0.504. The summed E-state index contributed by atoms with van der Waals surface area (Å²) < 4.78 is 0. The second-order valence-electron chi connectivity index (χ2n) is 5.88. The molecule has 1 aliphatic carbocycles. The fourth-order valence-corrected chi connectivity index (χ4v) is 2.69. The van der Waals surface area contributed by atoms with Gasteiger partial charge in [0.1, 0.15) is 0 Å². The number of likely N-dealkylation sites (tertiary alicyclic amines) is 1. The number of hydrogen-bond acceptors (Lipinski definition) is 2. The van der Waals surface area contributed by atoms with Crippen LogP contribution in [0, 0.1) is 16.7 Å². The molecule has 1 aliphatic heterocycles. The van der Waals surface area contributed by atoms with Crippen LogP contribution in [-0.4, -0.2) is 29.9 Å². The van der Waals surface area contributed by atoms with Gasteiger partial charge in [0.15, 0.2) is 0 Å². The van der Waals surface area contributed by atoms with E-state index in [0.717, 1.165) is 13.1 Å². The first-order chi connectivity index (χ1) is 6.28. The van der Waals surface area contributed by atoms with Gasteiger partial charge in [-0.2, -0.15) is 0 Å². The van der Waals surface area contributed by atoms with E-state index in [9.17, 15) is 4.79 Å². The zero-order chi connectivity index (χ0) is 10.7. The van der Waals surface area contributed by atoms with Crippen LogP contribution in [0.2, 0.25) is 0 Å². The summed E-state index contributed by atoms with van der Waals surface area (Å²) in [6.45, 7) is 10.2. The van der Waals surface area contributed by atoms with Crippen molar-refractivity contribution in [3.05, 3.63) is 0 Å². The van der Waals surface area contributed by atoms with E-state index in [0.29, 0.717) is 5.91 Å². The van der Waals surface area contributed by atoms with Crippen molar-refractivity contribution in [1.29, 1.82) is 0 Å². The number of rotatable bonds is 1. The summed E-state index contributed by atoms with van der Waals surface area (Å²) in [4.78, 5) is 13.9. The average molecular weight is 196 g/mol. The first-order valence-corrected chi connectivity index (χ1v) is 5.33. The van der Waals surface area contributed by atoms with Crippen molar-refractivity contribution >= 4 is 5.91 Å². The van der Waals surface area contributed by atoms with Crippen molar-refractivity contribution in [2.45, 2.75) is 33.7 Å². The van der Waals surface area contributed by atoms with Gasteiger partial charge in [0.05, 0.1) is 0 Å². The van der Waals surface area contributed by atoms with Crippen molar-refractivity contribution in [1.82, 2.24) is 4.90 Å². The van der Waals surface area contributed by atoms with Crippen molar-refractivity contribution in [2.75, 3.05) is 13.1 Å². The largest absolute Gasteiger partial charge is 0.339 e. The Morgan fingerprint density at radius 1 is 1.21 bits per heavy atom. The molecule has 1 saturated heterocycles. The van der Waals surface area contributed by atoms with Gasteiger partial charge < -0.3 is 10.6 Å². The standard InChI is InChI=1S/C11H20N2O/c1-10(2)8(11(10,3)4)9(14)13-5-7(12)6-13/h7-8H,5-6,12H2,1-4H3. The molecule has 2 N–H and O–H groups in total. The average Bonchev–Trinajstić information content (AvgIpc) is 2.36. The van der Waals surface area contributed by atoms with Crippen LogP contribution in [-0.2, 0) is 4.79 Å². The molecular formula is C11H20N2O. The van der Waals surface area contributed by atoms with Gasteiger partial charge in [0.25, 0.3) is 0 Å². The zero-order valence-electron chi connectivity index (χ0n) is 9.50. The van der Waals surface area contributed by atoms with Crippen LogP contribution in [0.15, 0.2) is 0 Å². The van der Waals surface area contributed by atoms with Gasteiger partial charge in [0.2, 0.25) is 5.91 Å². The Morgan fingerprint density at radius 3 is 1.93 bits per heavy atom. The van der Waals surface area contributed by atoms with Crippen molar-refractivity contribution in [2.24, 2.45) is 22.5 Å². The van der Waals surface area contributed by atoms with Gasteiger partial charge in [-0.3, -0.25) is 4.79 Å². The van der Waals surface area contributed by atoms with Gasteiger partial charge in [0, 0.05) is 25.0 Å². The molecule has 80 valence electrons. The van der Waals surface area contributed by atoms with E-state index in [-0.39, 0.29) is 22.8 Å². The fourth-order valence-electron chi connectivity index (χ4n) is 2.69. The SMILES string of the molecule is CC1(C)C(C(=O)N2CC(N)C2)C1(C)C. The molecule has 0 aromatic carbocycles. The molecule has 0 bridgehead atoms. The van der Waals surface area contributed by atoms with Gasteiger partial charge >= 0.3 is 0 Å². The Morgan fingerprint density at radius 2 is 1.64 bits per heavy atom. The fraction of sp³-hybridized carbons (Fsp3) is 0.909. The Labute approximate surface area is 85.6 Å². The van der Waals surface area contributed by atoms with Crippen LogP contribution >= 0.6 is 0 Å². The molecule has 0 radical (unpaired) electrons. The summed E-state index contributed by atoms with van der Waals surface area (Å²) in [6.07, 6.45) is 0. The summed E-state index contributed by atoms with van der Waals surface area (Å²) in [7, 11) is 0. The molecule has 3 heteroatoms. The third-order valence-corrected chi connectivity index (χ3v) is 4.49. The number of hydrogen-bond donors (Lipinski definition) is 1. The molecule has 0 aromatic heterocycles.